The molecular formula is C23H28. The summed E-state index contributed by atoms with van der Waals surface area (Å²) in [5.74, 6) is 0. The van der Waals surface area contributed by atoms with Gasteiger partial charge in [0.2, 0.25) is 0 Å². The minimum absolute atomic E-state index is 1.15. The van der Waals surface area contributed by atoms with Crippen LogP contribution in [-0.4, -0.2) is 0 Å². The van der Waals surface area contributed by atoms with Gasteiger partial charge in [-0.3, -0.25) is 0 Å². The van der Waals surface area contributed by atoms with Gasteiger partial charge < -0.3 is 0 Å². The number of hydrogen-bond donors (Lipinski definition) is 0. The number of benzene rings is 2. The van der Waals surface area contributed by atoms with Crippen molar-refractivity contribution in [3.63, 3.8) is 0 Å². The highest BCUT2D eigenvalue weighted by atomic mass is 14.2. The summed E-state index contributed by atoms with van der Waals surface area (Å²) in [6.45, 7) is 11.2. The van der Waals surface area contributed by atoms with E-state index in [0.29, 0.717) is 0 Å². The van der Waals surface area contributed by atoms with Gasteiger partial charge in [-0.15, -0.1) is 0 Å². The molecule has 0 unspecified atom stereocenters. The lowest BCUT2D eigenvalue weighted by Gasteiger charge is -2.16. The lowest BCUT2D eigenvalue weighted by Crippen LogP contribution is -1.96. The molecule has 0 saturated carbocycles. The van der Waals surface area contributed by atoms with Gasteiger partial charge in [0, 0.05) is 0 Å². The first-order valence-electron chi connectivity index (χ1n) is 8.90. The van der Waals surface area contributed by atoms with Crippen molar-refractivity contribution in [3.8, 4) is 11.1 Å². The molecule has 23 heavy (non-hydrogen) atoms. The molecule has 0 aliphatic heterocycles. The summed E-state index contributed by atoms with van der Waals surface area (Å²) in [5.41, 5.74) is 13.0. The molecule has 0 heteroatoms. The van der Waals surface area contributed by atoms with Crippen LogP contribution in [0.4, 0.5) is 0 Å². The van der Waals surface area contributed by atoms with E-state index in [1.807, 2.05) is 0 Å². The van der Waals surface area contributed by atoms with Crippen molar-refractivity contribution in [2.24, 2.45) is 0 Å². The first-order chi connectivity index (χ1) is 11.0. The quantitative estimate of drug-likeness (QED) is 0.588. The van der Waals surface area contributed by atoms with E-state index in [2.05, 4.69) is 65.0 Å². The van der Waals surface area contributed by atoms with Gasteiger partial charge >= 0.3 is 0 Å². The zero-order valence-electron chi connectivity index (χ0n) is 15.2. The summed E-state index contributed by atoms with van der Waals surface area (Å²) >= 11 is 0. The van der Waals surface area contributed by atoms with Crippen molar-refractivity contribution in [3.05, 3.63) is 63.2 Å². The standard InChI is InChI=1S/C23H28/c1-6-7-8-19-13-21-17(4)12-18(5)23(22(21)14-19)20-10-15(2)9-16(3)11-20/h9-12,14H,6-8,13H2,1-5H3. The second kappa shape index (κ2) is 6.35. The van der Waals surface area contributed by atoms with Crippen LogP contribution in [0.25, 0.3) is 17.2 Å². The fourth-order valence-electron chi connectivity index (χ4n) is 4.00. The highest BCUT2D eigenvalue weighted by Crippen LogP contribution is 2.40. The molecule has 0 amide bonds. The highest BCUT2D eigenvalue weighted by molar-refractivity contribution is 5.84. The predicted molar refractivity (Wildman–Crippen MR) is 102 cm³/mol. The Bertz CT molecular complexity index is 755. The predicted octanol–water partition coefficient (Wildman–Crippen LogP) is 6.72. The summed E-state index contributed by atoms with van der Waals surface area (Å²) in [6, 6.07) is 9.31. The van der Waals surface area contributed by atoms with Crippen molar-refractivity contribution < 1.29 is 0 Å². The Hall–Kier alpha value is -1.82. The third-order valence-corrected chi connectivity index (χ3v) is 5.01. The molecule has 0 fully saturated rings. The summed E-state index contributed by atoms with van der Waals surface area (Å²) in [7, 11) is 0. The van der Waals surface area contributed by atoms with Gasteiger partial charge in [-0.1, -0.05) is 60.4 Å². The van der Waals surface area contributed by atoms with Crippen LogP contribution in [0.2, 0.25) is 0 Å². The first-order valence-corrected chi connectivity index (χ1v) is 8.90. The zero-order chi connectivity index (χ0) is 16.6. The molecule has 2 aromatic rings. The second-order valence-electron chi connectivity index (χ2n) is 7.24. The van der Waals surface area contributed by atoms with E-state index in [0.717, 1.165) is 6.42 Å². The zero-order valence-corrected chi connectivity index (χ0v) is 15.2. The number of aryl methyl sites for hydroxylation is 4. The average Bonchev–Trinajstić information content (AvgIpc) is 2.88. The van der Waals surface area contributed by atoms with Crippen LogP contribution in [-0.2, 0) is 6.42 Å². The maximum Gasteiger partial charge on any atom is -0.00550 e. The van der Waals surface area contributed by atoms with Crippen LogP contribution >= 0.6 is 0 Å². The normalized spacial score (nSPS) is 13.2. The molecule has 2 aromatic carbocycles. The first kappa shape index (κ1) is 16.1. The van der Waals surface area contributed by atoms with Crippen molar-refractivity contribution in [1.29, 1.82) is 0 Å². The van der Waals surface area contributed by atoms with Crippen molar-refractivity contribution >= 4 is 6.08 Å². The van der Waals surface area contributed by atoms with Gasteiger partial charge in [-0.05, 0) is 80.3 Å². The SMILES string of the molecule is CCCCC1=Cc2c(c(C)cc(C)c2-c2cc(C)cc(C)c2)C1. The highest BCUT2D eigenvalue weighted by Gasteiger charge is 2.20. The molecule has 3 rings (SSSR count). The van der Waals surface area contributed by atoms with Crippen LogP contribution in [0, 0.1) is 27.7 Å². The molecule has 0 aromatic heterocycles. The molecule has 0 radical (unpaired) electrons. The Labute approximate surface area is 141 Å². The lowest BCUT2D eigenvalue weighted by atomic mass is 9.89. The maximum atomic E-state index is 2.48. The van der Waals surface area contributed by atoms with E-state index >= 15 is 0 Å². The monoisotopic (exact) mass is 304 g/mol. The fourth-order valence-corrected chi connectivity index (χ4v) is 4.00. The van der Waals surface area contributed by atoms with E-state index in [9.17, 15) is 0 Å². The molecule has 0 spiro atoms. The van der Waals surface area contributed by atoms with Crippen LogP contribution < -0.4 is 0 Å². The van der Waals surface area contributed by atoms with Crippen LogP contribution in [0.1, 0.15) is 59.6 Å². The Morgan fingerprint density at radius 2 is 1.57 bits per heavy atom. The van der Waals surface area contributed by atoms with Crippen molar-refractivity contribution in [2.45, 2.75) is 60.3 Å². The largest absolute Gasteiger partial charge is 0.0654 e. The Kier molecular flexibility index (Phi) is 4.43. The number of hydrogen-bond acceptors (Lipinski definition) is 0. The topological polar surface area (TPSA) is 0 Å². The second-order valence-corrected chi connectivity index (χ2v) is 7.24. The van der Waals surface area contributed by atoms with Gasteiger partial charge in [-0.2, -0.15) is 0 Å². The summed E-state index contributed by atoms with van der Waals surface area (Å²) in [6.07, 6.45) is 7.46. The van der Waals surface area contributed by atoms with Crippen LogP contribution in [0.5, 0.6) is 0 Å². The Balaban J connectivity index is 2.15. The average molecular weight is 304 g/mol. The van der Waals surface area contributed by atoms with Gasteiger partial charge in [0.15, 0.2) is 0 Å². The minimum Gasteiger partial charge on any atom is -0.0654 e. The van der Waals surface area contributed by atoms with Gasteiger partial charge in [0.05, 0.1) is 0 Å². The van der Waals surface area contributed by atoms with E-state index < -0.39 is 0 Å². The van der Waals surface area contributed by atoms with Gasteiger partial charge in [0.1, 0.15) is 0 Å². The summed E-state index contributed by atoms with van der Waals surface area (Å²) < 4.78 is 0. The van der Waals surface area contributed by atoms with Crippen molar-refractivity contribution in [2.75, 3.05) is 0 Å². The van der Waals surface area contributed by atoms with Crippen LogP contribution in [0.15, 0.2) is 29.8 Å². The van der Waals surface area contributed by atoms with E-state index in [4.69, 9.17) is 0 Å². The lowest BCUT2D eigenvalue weighted by molar-refractivity contribution is 0.779. The Morgan fingerprint density at radius 3 is 2.22 bits per heavy atom. The Morgan fingerprint density at radius 1 is 0.870 bits per heavy atom. The summed E-state index contributed by atoms with van der Waals surface area (Å²) in [4.78, 5) is 0. The fraction of sp³-hybridized carbons (Fsp3) is 0.391. The molecule has 0 saturated heterocycles. The van der Waals surface area contributed by atoms with E-state index in [-0.39, 0.29) is 0 Å². The molecular weight excluding hydrogens is 276 g/mol. The molecule has 0 N–H and O–H groups in total. The molecule has 1 aliphatic rings. The maximum absolute atomic E-state index is 2.48. The van der Waals surface area contributed by atoms with Crippen LogP contribution in [0.3, 0.4) is 0 Å². The third kappa shape index (κ3) is 3.13. The molecule has 0 bridgehead atoms. The van der Waals surface area contributed by atoms with Crippen molar-refractivity contribution in [1.82, 2.24) is 0 Å². The smallest absolute Gasteiger partial charge is 0.00550 e. The van der Waals surface area contributed by atoms with E-state index in [1.54, 1.807) is 11.1 Å². The summed E-state index contributed by atoms with van der Waals surface area (Å²) in [5, 5.41) is 0. The molecule has 0 atom stereocenters. The molecule has 1 aliphatic carbocycles. The van der Waals surface area contributed by atoms with Gasteiger partial charge in [0.25, 0.3) is 0 Å². The number of allylic oxidation sites excluding steroid dienone is 1. The minimum atomic E-state index is 1.15. The number of unbranched alkanes of at least 4 members (excludes halogenated alkanes) is 1. The number of fused-ring (bicyclic) bond motifs is 1. The van der Waals surface area contributed by atoms with E-state index in [1.165, 1.54) is 58.2 Å². The molecule has 120 valence electrons. The van der Waals surface area contributed by atoms with Gasteiger partial charge in [-0.25, -0.2) is 0 Å². The third-order valence-electron chi connectivity index (χ3n) is 5.01. The molecule has 0 nitrogen and oxygen atoms in total. The number of rotatable bonds is 4. The molecule has 0 heterocycles.